The van der Waals surface area contributed by atoms with Gasteiger partial charge in [0.05, 0.1) is 11.1 Å². The molecule has 4 heterocycles. The van der Waals surface area contributed by atoms with Gasteiger partial charge in [-0.3, -0.25) is 19.3 Å². The van der Waals surface area contributed by atoms with E-state index in [2.05, 4.69) is 17.3 Å². The second-order valence-corrected chi connectivity index (χ2v) is 11.0. The highest BCUT2D eigenvalue weighted by Gasteiger charge is 2.55. The van der Waals surface area contributed by atoms with E-state index in [1.165, 1.54) is 11.2 Å². The number of urea groups is 1. The lowest BCUT2D eigenvalue weighted by atomic mass is 9.74. The first-order chi connectivity index (χ1) is 17.4. The summed E-state index contributed by atoms with van der Waals surface area (Å²) < 4.78 is 5.55. The van der Waals surface area contributed by atoms with E-state index in [1.807, 2.05) is 6.92 Å². The molecule has 4 aliphatic rings. The van der Waals surface area contributed by atoms with Crippen molar-refractivity contribution in [3.05, 3.63) is 23.2 Å². The molecule has 0 unspecified atom stereocenters. The van der Waals surface area contributed by atoms with Crippen LogP contribution in [0.1, 0.15) is 91.2 Å². The molecule has 0 bridgehead atoms. The highest BCUT2D eigenvalue weighted by molar-refractivity contribution is 6.09. The smallest absolute Gasteiger partial charge is 0.325 e. The molecule has 36 heavy (non-hydrogen) atoms. The Kier molecular flexibility index (Phi) is 6.94. The Bertz CT molecular complexity index is 1040. The van der Waals surface area contributed by atoms with E-state index in [4.69, 9.17) is 4.42 Å². The number of carbonyl (C=O) groups is 4. The van der Waals surface area contributed by atoms with E-state index in [-0.39, 0.29) is 29.5 Å². The Hall–Kier alpha value is -2.68. The molecular formula is C27H38N4O5. The number of hydrogen-bond donors (Lipinski definition) is 1. The van der Waals surface area contributed by atoms with Crippen LogP contribution in [0.25, 0.3) is 0 Å². The van der Waals surface area contributed by atoms with E-state index in [0.717, 1.165) is 38.6 Å². The monoisotopic (exact) mass is 498 g/mol. The van der Waals surface area contributed by atoms with Crippen molar-refractivity contribution in [3.63, 3.8) is 0 Å². The number of imide groups is 1. The molecule has 3 fully saturated rings. The van der Waals surface area contributed by atoms with Gasteiger partial charge in [0.15, 0.2) is 5.78 Å². The van der Waals surface area contributed by atoms with Crippen LogP contribution < -0.4 is 5.32 Å². The predicted molar refractivity (Wildman–Crippen MR) is 133 cm³/mol. The van der Waals surface area contributed by atoms with E-state index >= 15 is 0 Å². The van der Waals surface area contributed by atoms with Gasteiger partial charge < -0.3 is 19.5 Å². The molecule has 2 atom stereocenters. The van der Waals surface area contributed by atoms with Gasteiger partial charge >= 0.3 is 6.03 Å². The molecule has 196 valence electrons. The molecular weight excluding hydrogens is 460 g/mol. The quantitative estimate of drug-likeness (QED) is 0.579. The van der Waals surface area contributed by atoms with Crippen LogP contribution in [-0.4, -0.2) is 83.1 Å². The first-order valence-corrected chi connectivity index (χ1v) is 13.6. The molecule has 9 nitrogen and oxygen atoms in total. The second kappa shape index (κ2) is 10.00. The minimum Gasteiger partial charge on any atom is -0.468 e. The molecule has 1 N–H and O–H groups in total. The zero-order valence-corrected chi connectivity index (χ0v) is 21.5. The van der Waals surface area contributed by atoms with Gasteiger partial charge in [0.25, 0.3) is 11.8 Å². The molecule has 0 aromatic carbocycles. The van der Waals surface area contributed by atoms with Crippen LogP contribution in [0, 0.1) is 5.92 Å². The molecule has 0 saturated carbocycles. The Morgan fingerprint density at radius 2 is 1.89 bits per heavy atom. The molecule has 3 saturated heterocycles. The highest BCUT2D eigenvalue weighted by Crippen LogP contribution is 2.38. The van der Waals surface area contributed by atoms with Gasteiger partial charge in [0, 0.05) is 38.5 Å². The molecule has 1 aromatic heterocycles. The summed E-state index contributed by atoms with van der Waals surface area (Å²) in [5.41, 5.74) is -0.0739. The molecule has 1 aromatic rings. The average molecular weight is 499 g/mol. The second-order valence-electron chi connectivity index (χ2n) is 11.0. The lowest BCUT2D eigenvalue weighted by Crippen LogP contribution is -2.56. The van der Waals surface area contributed by atoms with Crippen molar-refractivity contribution in [3.8, 4) is 0 Å². The standard InChI is InChI=1S/C27H38N4O5/c1-3-12-27(25(34)31(26(35)28-27)16-11-19-6-5-13-29(19)2)18-9-14-30(15-10-18)24(33)20-17-36-22-8-4-7-21(32)23(20)22/h17-19H,3-16H2,1-2H3,(H,28,35)/t19-,27-/m0/s1. The van der Waals surface area contributed by atoms with Crippen molar-refractivity contribution in [2.75, 3.05) is 33.2 Å². The Morgan fingerprint density at radius 1 is 1.11 bits per heavy atom. The number of nitrogens with one attached hydrogen (secondary N) is 1. The number of piperidine rings is 1. The van der Waals surface area contributed by atoms with Gasteiger partial charge in [-0.15, -0.1) is 0 Å². The molecule has 0 spiro atoms. The third kappa shape index (κ3) is 4.25. The average Bonchev–Trinajstić information content (AvgIpc) is 3.55. The summed E-state index contributed by atoms with van der Waals surface area (Å²) >= 11 is 0. The number of hydrogen-bond acceptors (Lipinski definition) is 6. The van der Waals surface area contributed by atoms with Crippen LogP contribution >= 0.6 is 0 Å². The predicted octanol–water partition coefficient (Wildman–Crippen LogP) is 3.23. The minimum absolute atomic E-state index is 0.0201. The number of aryl methyl sites for hydroxylation is 1. The van der Waals surface area contributed by atoms with Crippen molar-refractivity contribution >= 4 is 23.6 Å². The van der Waals surface area contributed by atoms with E-state index in [1.54, 1.807) is 4.90 Å². The van der Waals surface area contributed by atoms with Crippen molar-refractivity contribution in [2.24, 2.45) is 5.92 Å². The first-order valence-electron chi connectivity index (χ1n) is 13.6. The van der Waals surface area contributed by atoms with Crippen LogP contribution in [0.4, 0.5) is 4.79 Å². The van der Waals surface area contributed by atoms with Crippen molar-refractivity contribution in [2.45, 2.75) is 82.7 Å². The summed E-state index contributed by atoms with van der Waals surface area (Å²) in [6.07, 6.45) is 9.04. The molecule has 0 radical (unpaired) electrons. The Morgan fingerprint density at radius 3 is 2.58 bits per heavy atom. The topological polar surface area (TPSA) is 103 Å². The fraction of sp³-hybridized carbons (Fsp3) is 0.704. The zero-order chi connectivity index (χ0) is 25.4. The maximum absolute atomic E-state index is 13.7. The SMILES string of the molecule is CCC[C@@]1(C2CCN(C(=O)c3coc4c3C(=O)CCC4)CC2)NC(=O)N(CC[C@@H]2CCCN2C)C1=O. The summed E-state index contributed by atoms with van der Waals surface area (Å²) in [6, 6.07) is 0.137. The van der Waals surface area contributed by atoms with Gasteiger partial charge in [-0.05, 0) is 64.5 Å². The van der Waals surface area contributed by atoms with Gasteiger partial charge in [0.2, 0.25) is 0 Å². The summed E-state index contributed by atoms with van der Waals surface area (Å²) in [5, 5.41) is 3.10. The molecule has 1 aliphatic carbocycles. The van der Waals surface area contributed by atoms with Gasteiger partial charge in [0.1, 0.15) is 17.6 Å². The van der Waals surface area contributed by atoms with E-state index in [9.17, 15) is 19.2 Å². The summed E-state index contributed by atoms with van der Waals surface area (Å²) in [5.74, 6) is 0.288. The Balaban J connectivity index is 1.26. The number of fused-ring (bicyclic) bond motifs is 1. The number of likely N-dealkylation sites (tertiary alicyclic amines) is 2. The number of amides is 4. The van der Waals surface area contributed by atoms with Crippen molar-refractivity contribution in [1.82, 2.24) is 20.0 Å². The minimum atomic E-state index is -0.896. The Labute approximate surface area is 212 Å². The fourth-order valence-corrected chi connectivity index (χ4v) is 6.84. The summed E-state index contributed by atoms with van der Waals surface area (Å²) in [4.78, 5) is 57.9. The highest BCUT2D eigenvalue weighted by atomic mass is 16.3. The first kappa shape index (κ1) is 25.0. The van der Waals surface area contributed by atoms with Crippen LogP contribution in [0.3, 0.4) is 0 Å². The zero-order valence-electron chi connectivity index (χ0n) is 21.5. The lowest BCUT2D eigenvalue weighted by molar-refractivity contribution is -0.134. The van der Waals surface area contributed by atoms with Crippen LogP contribution in [-0.2, 0) is 11.2 Å². The van der Waals surface area contributed by atoms with E-state index < -0.39 is 5.54 Å². The van der Waals surface area contributed by atoms with Gasteiger partial charge in [-0.1, -0.05) is 13.3 Å². The lowest BCUT2D eigenvalue weighted by Gasteiger charge is -2.41. The van der Waals surface area contributed by atoms with E-state index in [0.29, 0.717) is 74.7 Å². The maximum Gasteiger partial charge on any atom is 0.325 e. The third-order valence-corrected chi connectivity index (χ3v) is 8.87. The normalized spacial score (nSPS) is 27.6. The van der Waals surface area contributed by atoms with Gasteiger partial charge in [-0.2, -0.15) is 0 Å². The molecule has 3 aliphatic heterocycles. The molecule has 4 amide bonds. The number of ketones is 1. The summed E-state index contributed by atoms with van der Waals surface area (Å²) in [7, 11) is 2.11. The van der Waals surface area contributed by atoms with Crippen LogP contribution in [0.15, 0.2) is 10.7 Å². The summed E-state index contributed by atoms with van der Waals surface area (Å²) in [6.45, 7) is 4.52. The van der Waals surface area contributed by atoms with Crippen LogP contribution in [0.5, 0.6) is 0 Å². The third-order valence-electron chi connectivity index (χ3n) is 8.87. The molecule has 9 heteroatoms. The largest absolute Gasteiger partial charge is 0.468 e. The number of rotatable bonds is 7. The van der Waals surface area contributed by atoms with Gasteiger partial charge in [-0.25, -0.2) is 4.79 Å². The van der Waals surface area contributed by atoms with Crippen LogP contribution in [0.2, 0.25) is 0 Å². The number of nitrogens with zero attached hydrogens (tertiary/aromatic N) is 3. The fourth-order valence-electron chi connectivity index (χ4n) is 6.84. The van der Waals surface area contributed by atoms with Crippen molar-refractivity contribution < 1.29 is 23.6 Å². The van der Waals surface area contributed by atoms with Crippen molar-refractivity contribution in [1.29, 1.82) is 0 Å². The molecule has 5 rings (SSSR count). The number of Topliss-reactive ketones (excluding diaryl/α,β-unsaturated/α-hetero) is 1. The maximum atomic E-state index is 13.7. The number of furan rings is 1. The number of carbonyl (C=O) groups excluding carboxylic acids is 4.